The van der Waals surface area contributed by atoms with Crippen LogP contribution in [0, 0.1) is 18.7 Å². The van der Waals surface area contributed by atoms with Gasteiger partial charge in [0.05, 0.1) is 11.5 Å². The molecular weight excluding hydrogens is 271 g/mol. The molecule has 1 aromatic rings. The van der Waals surface area contributed by atoms with Crippen molar-refractivity contribution in [3.63, 3.8) is 0 Å². The Balaban J connectivity index is 3.14. The van der Waals surface area contributed by atoms with E-state index in [1.165, 1.54) is 13.0 Å². The Bertz CT molecular complexity index is 535. The van der Waals surface area contributed by atoms with E-state index in [0.717, 1.165) is 6.07 Å². The van der Waals surface area contributed by atoms with Crippen LogP contribution in [0.1, 0.15) is 19.4 Å². The fourth-order valence-electron chi connectivity index (χ4n) is 1.48. The summed E-state index contributed by atoms with van der Waals surface area (Å²) in [7, 11) is -3.91. The van der Waals surface area contributed by atoms with Crippen LogP contribution >= 0.6 is 0 Å². The maximum atomic E-state index is 13.5. The summed E-state index contributed by atoms with van der Waals surface area (Å²) in [6.07, 6.45) is 0. The summed E-state index contributed by atoms with van der Waals surface area (Å²) in [6, 6.07) is 1.49. The molecule has 1 aromatic carbocycles. The van der Waals surface area contributed by atoms with E-state index in [1.807, 2.05) is 0 Å². The number of nitrogens with two attached hydrogens (primary N) is 1. The molecule has 0 saturated carbocycles. The summed E-state index contributed by atoms with van der Waals surface area (Å²) in [6.45, 7) is 4.68. The zero-order chi connectivity index (χ0) is 14.8. The number of hydrogen-bond acceptors (Lipinski definition) is 4. The number of aliphatic hydroxyl groups excluding tert-OH is 1. The van der Waals surface area contributed by atoms with Crippen LogP contribution in [-0.2, 0) is 10.0 Å². The molecule has 0 aliphatic rings. The quantitative estimate of drug-likeness (QED) is 0.706. The number of anilines is 1. The first-order valence-electron chi connectivity index (χ1n) is 5.88. The average Bonchev–Trinajstić information content (AvgIpc) is 2.32. The average molecular weight is 290 g/mol. The van der Waals surface area contributed by atoms with E-state index in [9.17, 15) is 12.8 Å². The molecule has 7 heteroatoms. The Labute approximate surface area is 112 Å². The summed E-state index contributed by atoms with van der Waals surface area (Å²) < 4.78 is 40.0. The Kier molecular flexibility index (Phi) is 4.89. The Morgan fingerprint density at radius 1 is 1.42 bits per heavy atom. The third-order valence-electron chi connectivity index (χ3n) is 2.98. The van der Waals surface area contributed by atoms with Crippen molar-refractivity contribution in [3.05, 3.63) is 23.5 Å². The number of nitrogen functional groups attached to an aromatic ring is 1. The Morgan fingerprint density at radius 2 is 2.00 bits per heavy atom. The summed E-state index contributed by atoms with van der Waals surface area (Å²) in [5, 5.41) is 9.13. The second-order valence-corrected chi connectivity index (χ2v) is 6.49. The number of nitrogens with one attached hydrogen (secondary N) is 1. The van der Waals surface area contributed by atoms with E-state index in [-0.39, 0.29) is 28.7 Å². The van der Waals surface area contributed by atoms with Crippen LogP contribution in [0.4, 0.5) is 10.1 Å². The molecule has 1 rings (SSSR count). The molecule has 4 N–H and O–H groups in total. The molecule has 0 amide bonds. The normalized spacial score (nSPS) is 13.8. The fourth-order valence-corrected chi connectivity index (χ4v) is 2.90. The van der Waals surface area contributed by atoms with Crippen molar-refractivity contribution in [2.75, 3.05) is 12.3 Å². The summed E-state index contributed by atoms with van der Waals surface area (Å²) in [4.78, 5) is -0.243. The SMILES string of the molecule is Cc1c(N)cc(S(=O)(=O)N[C@H](CO)C(C)C)cc1F. The zero-order valence-corrected chi connectivity index (χ0v) is 12.0. The minimum atomic E-state index is -3.91. The van der Waals surface area contributed by atoms with E-state index < -0.39 is 21.9 Å². The van der Waals surface area contributed by atoms with Gasteiger partial charge in [-0.25, -0.2) is 17.5 Å². The topological polar surface area (TPSA) is 92.4 Å². The van der Waals surface area contributed by atoms with Gasteiger partial charge in [-0.2, -0.15) is 0 Å². The summed E-state index contributed by atoms with van der Waals surface area (Å²) >= 11 is 0. The third-order valence-corrected chi connectivity index (χ3v) is 4.45. The van der Waals surface area contributed by atoms with Gasteiger partial charge in [0.15, 0.2) is 0 Å². The van der Waals surface area contributed by atoms with Crippen molar-refractivity contribution >= 4 is 15.7 Å². The Hall–Kier alpha value is -1.18. The molecule has 5 nitrogen and oxygen atoms in total. The molecule has 0 aliphatic heterocycles. The van der Waals surface area contributed by atoms with Crippen molar-refractivity contribution in [2.24, 2.45) is 5.92 Å². The maximum absolute atomic E-state index is 13.5. The molecule has 0 aromatic heterocycles. The lowest BCUT2D eigenvalue weighted by Gasteiger charge is -2.20. The number of halogens is 1. The summed E-state index contributed by atoms with van der Waals surface area (Å²) in [5.74, 6) is -0.766. The lowest BCUT2D eigenvalue weighted by atomic mass is 10.1. The predicted octanol–water partition coefficient (Wildman–Crippen LogP) is 1.01. The van der Waals surface area contributed by atoms with Gasteiger partial charge in [-0.1, -0.05) is 13.8 Å². The smallest absolute Gasteiger partial charge is 0.241 e. The van der Waals surface area contributed by atoms with Crippen LogP contribution in [-0.4, -0.2) is 26.2 Å². The second kappa shape index (κ2) is 5.85. The standard InChI is InChI=1S/C12H19FN2O3S/c1-7(2)12(6-16)15-19(17,18)9-4-10(13)8(3)11(14)5-9/h4-5,7,12,15-16H,6,14H2,1-3H3/t12-/m1/s1. The monoisotopic (exact) mass is 290 g/mol. The second-order valence-electron chi connectivity index (χ2n) is 4.77. The largest absolute Gasteiger partial charge is 0.398 e. The van der Waals surface area contributed by atoms with E-state index >= 15 is 0 Å². The Morgan fingerprint density at radius 3 is 2.42 bits per heavy atom. The first kappa shape index (κ1) is 15.9. The highest BCUT2D eigenvalue weighted by Crippen LogP contribution is 2.21. The molecule has 0 heterocycles. The zero-order valence-electron chi connectivity index (χ0n) is 11.1. The van der Waals surface area contributed by atoms with Crippen molar-refractivity contribution in [1.29, 1.82) is 0 Å². The van der Waals surface area contributed by atoms with Crippen LogP contribution in [0.25, 0.3) is 0 Å². The highest BCUT2D eigenvalue weighted by molar-refractivity contribution is 7.89. The number of rotatable bonds is 5. The lowest BCUT2D eigenvalue weighted by Crippen LogP contribution is -2.41. The van der Waals surface area contributed by atoms with Gasteiger partial charge in [0.25, 0.3) is 0 Å². The van der Waals surface area contributed by atoms with Crippen LogP contribution in [0.5, 0.6) is 0 Å². The highest BCUT2D eigenvalue weighted by Gasteiger charge is 2.23. The van der Waals surface area contributed by atoms with Crippen molar-refractivity contribution < 1.29 is 17.9 Å². The van der Waals surface area contributed by atoms with Gasteiger partial charge in [0, 0.05) is 17.3 Å². The van der Waals surface area contributed by atoms with Crippen molar-refractivity contribution in [2.45, 2.75) is 31.7 Å². The van der Waals surface area contributed by atoms with E-state index in [1.54, 1.807) is 13.8 Å². The van der Waals surface area contributed by atoms with Gasteiger partial charge in [-0.3, -0.25) is 0 Å². The molecule has 0 bridgehead atoms. The first-order chi connectivity index (χ1) is 8.69. The van der Waals surface area contributed by atoms with Gasteiger partial charge in [0.2, 0.25) is 10.0 Å². The molecule has 0 spiro atoms. The number of hydrogen-bond donors (Lipinski definition) is 3. The summed E-state index contributed by atoms with van der Waals surface area (Å²) in [5.41, 5.74) is 5.84. The highest BCUT2D eigenvalue weighted by atomic mass is 32.2. The van der Waals surface area contributed by atoms with Crippen LogP contribution in [0.15, 0.2) is 17.0 Å². The predicted molar refractivity (Wildman–Crippen MR) is 71.6 cm³/mol. The molecule has 1 atom stereocenters. The fraction of sp³-hybridized carbons (Fsp3) is 0.500. The molecule has 108 valence electrons. The minimum Gasteiger partial charge on any atom is -0.398 e. The molecule has 0 unspecified atom stereocenters. The molecule has 0 saturated heterocycles. The number of sulfonamides is 1. The number of benzene rings is 1. The van der Waals surface area contributed by atoms with Gasteiger partial charge in [-0.05, 0) is 25.0 Å². The minimum absolute atomic E-state index is 0.0745. The molecule has 0 radical (unpaired) electrons. The number of aliphatic hydroxyl groups is 1. The molecular formula is C12H19FN2O3S. The molecule has 19 heavy (non-hydrogen) atoms. The van der Waals surface area contributed by atoms with E-state index in [4.69, 9.17) is 10.8 Å². The van der Waals surface area contributed by atoms with Crippen LogP contribution in [0.3, 0.4) is 0 Å². The van der Waals surface area contributed by atoms with Gasteiger partial charge in [0.1, 0.15) is 5.82 Å². The van der Waals surface area contributed by atoms with Crippen LogP contribution < -0.4 is 10.5 Å². The third kappa shape index (κ3) is 3.65. The lowest BCUT2D eigenvalue weighted by molar-refractivity contribution is 0.227. The van der Waals surface area contributed by atoms with Crippen molar-refractivity contribution in [3.8, 4) is 0 Å². The first-order valence-corrected chi connectivity index (χ1v) is 7.36. The van der Waals surface area contributed by atoms with Gasteiger partial charge in [-0.15, -0.1) is 0 Å². The van der Waals surface area contributed by atoms with E-state index in [0.29, 0.717) is 0 Å². The van der Waals surface area contributed by atoms with Gasteiger partial charge < -0.3 is 10.8 Å². The maximum Gasteiger partial charge on any atom is 0.241 e. The molecule has 0 fully saturated rings. The van der Waals surface area contributed by atoms with Gasteiger partial charge >= 0.3 is 0 Å². The van der Waals surface area contributed by atoms with Crippen molar-refractivity contribution in [1.82, 2.24) is 4.72 Å². The van der Waals surface area contributed by atoms with Crippen LogP contribution in [0.2, 0.25) is 0 Å². The molecule has 0 aliphatic carbocycles. The van der Waals surface area contributed by atoms with E-state index in [2.05, 4.69) is 4.72 Å².